The molecule has 0 aromatic heterocycles. The number of rotatable bonds is 1. The fourth-order valence-corrected chi connectivity index (χ4v) is 1.43. The van der Waals surface area contributed by atoms with Crippen LogP contribution in [0.4, 0.5) is 5.69 Å². The van der Waals surface area contributed by atoms with Crippen LogP contribution in [0.25, 0.3) is 4.85 Å². The van der Waals surface area contributed by atoms with Crippen LogP contribution in [0.15, 0.2) is 22.7 Å². The number of nitrogens with zero attached hydrogens (tertiary/aromatic N) is 1. The summed E-state index contributed by atoms with van der Waals surface area (Å²) >= 11 is 3.42. The molecule has 0 heterocycles. The Kier molecular flexibility index (Phi) is 2.67. The number of aryl methyl sites for hydroxylation is 1. The molecule has 56 valence electrons. The van der Waals surface area contributed by atoms with E-state index in [9.17, 15) is 0 Å². The van der Waals surface area contributed by atoms with Crippen LogP contribution in [0.5, 0.6) is 0 Å². The predicted octanol–water partition coefficient (Wildman–Crippen LogP) is 3.56. The van der Waals surface area contributed by atoms with Gasteiger partial charge in [-0.15, -0.1) is 0 Å². The Hall–Kier alpha value is -0.810. The van der Waals surface area contributed by atoms with Gasteiger partial charge in [0.15, 0.2) is 5.69 Å². The van der Waals surface area contributed by atoms with Crippen molar-refractivity contribution in [3.63, 3.8) is 0 Å². The normalized spacial score (nSPS) is 9.18. The van der Waals surface area contributed by atoms with Crippen LogP contribution in [0.2, 0.25) is 0 Å². The summed E-state index contributed by atoms with van der Waals surface area (Å²) in [6.45, 7) is 8.87. The highest BCUT2D eigenvalue weighted by atomic mass is 79.9. The van der Waals surface area contributed by atoms with Gasteiger partial charge in [0, 0.05) is 4.47 Å². The zero-order valence-electron chi connectivity index (χ0n) is 6.26. The number of benzene rings is 1. The van der Waals surface area contributed by atoms with Gasteiger partial charge in [0.05, 0.1) is 6.57 Å². The van der Waals surface area contributed by atoms with Crippen molar-refractivity contribution in [1.29, 1.82) is 0 Å². The maximum absolute atomic E-state index is 6.80. The minimum absolute atomic E-state index is 0.713. The summed E-state index contributed by atoms with van der Waals surface area (Å²) in [6, 6.07) is 5.65. The molecule has 1 rings (SSSR count). The zero-order valence-corrected chi connectivity index (χ0v) is 7.85. The van der Waals surface area contributed by atoms with E-state index in [0.717, 1.165) is 10.9 Å². The lowest BCUT2D eigenvalue weighted by Gasteiger charge is -1.99. The molecule has 2 heteroatoms. The molecule has 1 aromatic carbocycles. The number of hydrogen-bond acceptors (Lipinski definition) is 0. The highest BCUT2D eigenvalue weighted by molar-refractivity contribution is 9.10. The molecule has 0 aliphatic heterocycles. The van der Waals surface area contributed by atoms with E-state index in [2.05, 4.69) is 27.7 Å². The van der Waals surface area contributed by atoms with Gasteiger partial charge in [0.25, 0.3) is 0 Å². The molecule has 0 saturated heterocycles. The average Bonchev–Trinajstić information content (AvgIpc) is 2.05. The summed E-state index contributed by atoms with van der Waals surface area (Å²) < 4.78 is 1.09. The monoisotopic (exact) mass is 209 g/mol. The van der Waals surface area contributed by atoms with Crippen molar-refractivity contribution in [2.45, 2.75) is 13.3 Å². The van der Waals surface area contributed by atoms with E-state index in [0.29, 0.717) is 5.69 Å². The molecular formula is C9H8BrN. The molecule has 1 nitrogen and oxygen atoms in total. The van der Waals surface area contributed by atoms with Gasteiger partial charge in [0.2, 0.25) is 0 Å². The Morgan fingerprint density at radius 1 is 1.55 bits per heavy atom. The van der Waals surface area contributed by atoms with Crippen LogP contribution in [0, 0.1) is 6.57 Å². The number of hydrogen-bond donors (Lipinski definition) is 0. The highest BCUT2D eigenvalue weighted by Gasteiger charge is 1.97. The van der Waals surface area contributed by atoms with Crippen molar-refractivity contribution in [3.8, 4) is 0 Å². The first-order chi connectivity index (χ1) is 5.27. The molecule has 0 atom stereocenters. The molecule has 0 radical (unpaired) electrons. The van der Waals surface area contributed by atoms with Crippen molar-refractivity contribution >= 4 is 21.6 Å². The zero-order chi connectivity index (χ0) is 8.27. The Labute approximate surface area is 75.0 Å². The van der Waals surface area contributed by atoms with E-state index in [1.807, 2.05) is 18.2 Å². The largest absolute Gasteiger partial charge is 0.238 e. The Morgan fingerprint density at radius 3 is 2.82 bits per heavy atom. The van der Waals surface area contributed by atoms with Gasteiger partial charge in [-0.1, -0.05) is 41.1 Å². The second-order valence-electron chi connectivity index (χ2n) is 2.24. The first-order valence-electron chi connectivity index (χ1n) is 3.43. The molecule has 0 saturated carbocycles. The Morgan fingerprint density at radius 2 is 2.27 bits per heavy atom. The molecule has 0 fully saturated rings. The van der Waals surface area contributed by atoms with Crippen LogP contribution < -0.4 is 0 Å². The standard InChI is InChI=1S/C9H8BrN/c1-3-7-6-8(11-2)4-5-9(7)10/h4-6H,3H2,1H3. The minimum Gasteiger partial charge on any atom is -0.238 e. The lowest BCUT2D eigenvalue weighted by Crippen LogP contribution is -1.79. The summed E-state index contributed by atoms with van der Waals surface area (Å²) in [7, 11) is 0. The van der Waals surface area contributed by atoms with Crippen LogP contribution in [-0.2, 0) is 6.42 Å². The Balaban J connectivity index is 3.15. The average molecular weight is 210 g/mol. The topological polar surface area (TPSA) is 4.36 Å². The van der Waals surface area contributed by atoms with E-state index >= 15 is 0 Å². The van der Waals surface area contributed by atoms with Crippen molar-refractivity contribution in [1.82, 2.24) is 0 Å². The third-order valence-electron chi connectivity index (χ3n) is 1.54. The fraction of sp³-hybridized carbons (Fsp3) is 0.222. The van der Waals surface area contributed by atoms with E-state index < -0.39 is 0 Å². The summed E-state index contributed by atoms with van der Waals surface area (Å²) in [6.07, 6.45) is 0.962. The summed E-state index contributed by atoms with van der Waals surface area (Å²) in [5.74, 6) is 0. The predicted molar refractivity (Wildman–Crippen MR) is 49.8 cm³/mol. The van der Waals surface area contributed by atoms with Gasteiger partial charge in [-0.05, 0) is 12.0 Å². The van der Waals surface area contributed by atoms with Crippen LogP contribution >= 0.6 is 15.9 Å². The summed E-state index contributed by atoms with van der Waals surface area (Å²) in [4.78, 5) is 3.35. The smallest absolute Gasteiger partial charge is 0.187 e. The third kappa shape index (κ3) is 1.81. The summed E-state index contributed by atoms with van der Waals surface area (Å²) in [5, 5.41) is 0. The van der Waals surface area contributed by atoms with Gasteiger partial charge >= 0.3 is 0 Å². The van der Waals surface area contributed by atoms with Crippen LogP contribution in [0.3, 0.4) is 0 Å². The molecule has 1 aromatic rings. The maximum Gasteiger partial charge on any atom is 0.187 e. The molecule has 11 heavy (non-hydrogen) atoms. The lowest BCUT2D eigenvalue weighted by molar-refractivity contribution is 1.13. The van der Waals surface area contributed by atoms with Crippen LogP contribution in [0.1, 0.15) is 12.5 Å². The second kappa shape index (κ2) is 3.54. The molecule has 0 bridgehead atoms. The third-order valence-corrected chi connectivity index (χ3v) is 2.31. The SMILES string of the molecule is [C-]#[N+]c1ccc(Br)c(CC)c1. The Bertz CT molecular complexity index is 299. The van der Waals surface area contributed by atoms with Gasteiger partial charge in [-0.3, -0.25) is 0 Å². The van der Waals surface area contributed by atoms with E-state index in [4.69, 9.17) is 6.57 Å². The highest BCUT2D eigenvalue weighted by Crippen LogP contribution is 2.22. The van der Waals surface area contributed by atoms with Crippen molar-refractivity contribution < 1.29 is 0 Å². The summed E-state index contributed by atoms with van der Waals surface area (Å²) in [5.41, 5.74) is 1.91. The van der Waals surface area contributed by atoms with Crippen molar-refractivity contribution in [2.75, 3.05) is 0 Å². The van der Waals surface area contributed by atoms with E-state index in [1.165, 1.54) is 5.56 Å². The molecular weight excluding hydrogens is 202 g/mol. The van der Waals surface area contributed by atoms with Gasteiger partial charge < -0.3 is 0 Å². The van der Waals surface area contributed by atoms with Crippen molar-refractivity contribution in [3.05, 3.63) is 39.7 Å². The lowest BCUT2D eigenvalue weighted by atomic mass is 10.1. The van der Waals surface area contributed by atoms with E-state index in [-0.39, 0.29) is 0 Å². The first-order valence-corrected chi connectivity index (χ1v) is 4.23. The van der Waals surface area contributed by atoms with Gasteiger partial charge in [0.1, 0.15) is 0 Å². The van der Waals surface area contributed by atoms with Gasteiger partial charge in [-0.25, -0.2) is 4.85 Å². The fourth-order valence-electron chi connectivity index (χ4n) is 0.902. The second-order valence-corrected chi connectivity index (χ2v) is 3.10. The molecule has 0 spiro atoms. The van der Waals surface area contributed by atoms with Crippen molar-refractivity contribution in [2.24, 2.45) is 0 Å². The number of halogens is 1. The molecule has 0 aliphatic rings. The maximum atomic E-state index is 6.80. The van der Waals surface area contributed by atoms with Gasteiger partial charge in [-0.2, -0.15) is 0 Å². The molecule has 0 N–H and O–H groups in total. The van der Waals surface area contributed by atoms with E-state index in [1.54, 1.807) is 0 Å². The molecule has 0 aliphatic carbocycles. The molecule has 0 amide bonds. The minimum atomic E-state index is 0.713. The first kappa shape index (κ1) is 8.29. The molecule has 0 unspecified atom stereocenters. The van der Waals surface area contributed by atoms with Crippen LogP contribution in [-0.4, -0.2) is 0 Å². The quantitative estimate of drug-likeness (QED) is 0.624.